The maximum atomic E-state index is 13.0. The Balaban J connectivity index is 1.56. The number of aromatic nitrogens is 3. The Kier molecular flexibility index (Phi) is 8.75. The van der Waals surface area contributed by atoms with Gasteiger partial charge in [-0.3, -0.25) is 0 Å². The van der Waals surface area contributed by atoms with E-state index in [9.17, 15) is 9.59 Å². The van der Waals surface area contributed by atoms with E-state index in [0.717, 1.165) is 24.2 Å². The first-order chi connectivity index (χ1) is 20.9. The Labute approximate surface area is 258 Å². The summed E-state index contributed by atoms with van der Waals surface area (Å²) in [5.41, 5.74) is 1.72. The summed E-state index contributed by atoms with van der Waals surface area (Å²) in [6, 6.07) is 7.57. The molecule has 2 aliphatic heterocycles. The highest BCUT2D eigenvalue weighted by molar-refractivity contribution is 5.97. The average Bonchev–Trinajstić information content (AvgIpc) is 3.54. The first kappa shape index (κ1) is 31.1. The highest BCUT2D eigenvalue weighted by Gasteiger charge is 2.34. The number of methoxy groups -OCH3 is 2. The van der Waals surface area contributed by atoms with Gasteiger partial charge < -0.3 is 33.3 Å². The number of carbonyl (C=O) groups is 2. The van der Waals surface area contributed by atoms with Crippen LogP contribution >= 0.6 is 0 Å². The third-order valence-corrected chi connectivity index (χ3v) is 7.94. The molecule has 0 spiro atoms. The van der Waals surface area contributed by atoms with Crippen LogP contribution in [-0.2, 0) is 20.8 Å². The summed E-state index contributed by atoms with van der Waals surface area (Å²) >= 11 is 0. The fraction of sp³-hybridized carbons (Fsp3) is 0.515. The van der Waals surface area contributed by atoms with Crippen LogP contribution in [0.5, 0.6) is 5.75 Å². The van der Waals surface area contributed by atoms with E-state index in [0.29, 0.717) is 53.8 Å². The topological polar surface area (TPSA) is 108 Å². The molecular weight excluding hydrogens is 562 g/mol. The number of fused-ring (bicyclic) bond motifs is 1. The van der Waals surface area contributed by atoms with Crippen molar-refractivity contribution in [2.45, 2.75) is 83.9 Å². The predicted octanol–water partition coefficient (Wildman–Crippen LogP) is 4.91. The largest absolute Gasteiger partial charge is 0.494 e. The first-order valence-electron chi connectivity index (χ1n) is 14.9. The number of terminal acetylenes is 1. The standard InChI is InChI=1S/C33H41N5O6/c1-9-24-12-10-20(2)38(24)28-13-11-22(16-34-28)30-35-26-14-23(31(39)42-8)15-27(41-7)29(26)37(30)19-25-18-36(17-21(3)43-25)32(40)44-33(4,5)6/h1,11,13-16,20-21,24-25H,10,12,17-19H2,2-8H3/t20-,21-,24-,25-/m0/s1. The van der Waals surface area contributed by atoms with Gasteiger partial charge in [-0.25, -0.2) is 19.6 Å². The molecule has 0 bridgehead atoms. The number of hydrogen-bond donors (Lipinski definition) is 0. The molecule has 3 aromatic rings. The zero-order valence-electron chi connectivity index (χ0n) is 26.5. The van der Waals surface area contributed by atoms with Crippen molar-refractivity contribution in [3.05, 3.63) is 36.0 Å². The second kappa shape index (κ2) is 12.4. The maximum absolute atomic E-state index is 13.0. The molecule has 0 radical (unpaired) electrons. The van der Waals surface area contributed by atoms with E-state index in [1.807, 2.05) is 44.4 Å². The number of amides is 1. The van der Waals surface area contributed by atoms with E-state index in [2.05, 4.69) is 17.7 Å². The Bertz CT molecular complexity index is 1570. The molecule has 11 heteroatoms. The number of imidazole rings is 1. The fourth-order valence-electron chi connectivity index (χ4n) is 6.05. The van der Waals surface area contributed by atoms with Crippen LogP contribution in [-0.4, -0.2) is 88.7 Å². The van der Waals surface area contributed by atoms with E-state index in [-0.39, 0.29) is 24.3 Å². The summed E-state index contributed by atoms with van der Waals surface area (Å²) in [6.07, 6.45) is 8.58. The van der Waals surface area contributed by atoms with E-state index in [1.54, 1.807) is 30.3 Å². The normalized spacial score (nSPS) is 22.1. The zero-order valence-corrected chi connectivity index (χ0v) is 26.5. The van der Waals surface area contributed by atoms with Crippen molar-refractivity contribution in [1.82, 2.24) is 19.4 Å². The number of anilines is 1. The number of esters is 1. The SMILES string of the molecule is C#C[C@H]1CC[C@H](C)N1c1ccc(-c2nc3cc(C(=O)OC)cc(OC)c3n2C[C@@H]2CN(C(=O)OC(C)(C)C)C[C@H](C)O2)cn1. The van der Waals surface area contributed by atoms with Crippen molar-refractivity contribution >= 4 is 28.9 Å². The number of carbonyl (C=O) groups excluding carboxylic acids is 2. The number of benzene rings is 1. The Hall–Kier alpha value is -4.30. The van der Waals surface area contributed by atoms with Gasteiger partial charge in [-0.05, 0) is 71.7 Å². The number of morpholine rings is 1. The Morgan fingerprint density at radius 1 is 1.14 bits per heavy atom. The smallest absolute Gasteiger partial charge is 0.410 e. The molecule has 0 aliphatic carbocycles. The van der Waals surface area contributed by atoms with Crippen LogP contribution in [0.4, 0.5) is 10.6 Å². The van der Waals surface area contributed by atoms with Gasteiger partial charge in [0.2, 0.25) is 0 Å². The lowest BCUT2D eigenvalue weighted by Gasteiger charge is -2.37. The Morgan fingerprint density at radius 2 is 1.91 bits per heavy atom. The third-order valence-electron chi connectivity index (χ3n) is 7.94. The van der Waals surface area contributed by atoms with E-state index < -0.39 is 11.6 Å². The highest BCUT2D eigenvalue weighted by atomic mass is 16.6. The van der Waals surface area contributed by atoms with Crippen molar-refractivity contribution in [3.63, 3.8) is 0 Å². The molecule has 1 amide bonds. The van der Waals surface area contributed by atoms with Gasteiger partial charge in [-0.15, -0.1) is 6.42 Å². The molecule has 0 saturated carbocycles. The van der Waals surface area contributed by atoms with Crippen LogP contribution in [0.25, 0.3) is 22.4 Å². The molecule has 2 fully saturated rings. The monoisotopic (exact) mass is 603 g/mol. The minimum Gasteiger partial charge on any atom is -0.494 e. The van der Waals surface area contributed by atoms with Crippen LogP contribution in [0.15, 0.2) is 30.5 Å². The molecule has 2 aliphatic rings. The third kappa shape index (κ3) is 6.31. The minimum atomic E-state index is -0.612. The zero-order chi connectivity index (χ0) is 31.8. The molecule has 0 N–H and O–H groups in total. The van der Waals surface area contributed by atoms with Crippen LogP contribution in [0, 0.1) is 12.3 Å². The van der Waals surface area contributed by atoms with Crippen LogP contribution < -0.4 is 9.64 Å². The molecule has 0 unspecified atom stereocenters. The van der Waals surface area contributed by atoms with Gasteiger partial charge in [0.25, 0.3) is 0 Å². The maximum Gasteiger partial charge on any atom is 0.410 e. The molecular formula is C33H41N5O6. The molecule has 4 atom stereocenters. The lowest BCUT2D eigenvalue weighted by molar-refractivity contribution is -0.0845. The van der Waals surface area contributed by atoms with Crippen LogP contribution in [0.2, 0.25) is 0 Å². The van der Waals surface area contributed by atoms with E-state index in [4.69, 9.17) is 35.3 Å². The van der Waals surface area contributed by atoms with Crippen molar-refractivity contribution in [2.24, 2.45) is 0 Å². The quantitative estimate of drug-likeness (QED) is 0.287. The summed E-state index contributed by atoms with van der Waals surface area (Å²) in [7, 11) is 2.88. The van der Waals surface area contributed by atoms with Crippen molar-refractivity contribution in [2.75, 3.05) is 32.2 Å². The van der Waals surface area contributed by atoms with Gasteiger partial charge in [-0.2, -0.15) is 0 Å². The number of ether oxygens (including phenoxy) is 4. The first-order valence-corrected chi connectivity index (χ1v) is 14.9. The summed E-state index contributed by atoms with van der Waals surface area (Å²) in [6.45, 7) is 10.7. The van der Waals surface area contributed by atoms with Gasteiger partial charge in [-0.1, -0.05) is 5.92 Å². The molecule has 1 aromatic carbocycles. The second-order valence-corrected chi connectivity index (χ2v) is 12.5. The van der Waals surface area contributed by atoms with Gasteiger partial charge in [0.1, 0.15) is 28.5 Å². The summed E-state index contributed by atoms with van der Waals surface area (Å²) < 4.78 is 24.7. The summed E-state index contributed by atoms with van der Waals surface area (Å²) in [5.74, 6) is 4.29. The van der Waals surface area contributed by atoms with Gasteiger partial charge in [0.15, 0.2) is 0 Å². The predicted molar refractivity (Wildman–Crippen MR) is 167 cm³/mol. The van der Waals surface area contributed by atoms with Crippen molar-refractivity contribution in [1.29, 1.82) is 0 Å². The molecule has 2 aromatic heterocycles. The molecule has 44 heavy (non-hydrogen) atoms. The van der Waals surface area contributed by atoms with Crippen molar-refractivity contribution < 1.29 is 28.5 Å². The molecule has 2 saturated heterocycles. The number of pyridine rings is 1. The second-order valence-electron chi connectivity index (χ2n) is 12.5. The van der Waals surface area contributed by atoms with Crippen LogP contribution in [0.1, 0.15) is 57.8 Å². The van der Waals surface area contributed by atoms with E-state index in [1.165, 1.54) is 7.11 Å². The minimum absolute atomic E-state index is 0.00675. The number of rotatable bonds is 6. The van der Waals surface area contributed by atoms with Gasteiger partial charge >= 0.3 is 12.1 Å². The number of nitrogens with zero attached hydrogens (tertiary/aromatic N) is 5. The van der Waals surface area contributed by atoms with Gasteiger partial charge in [0.05, 0.1) is 63.2 Å². The van der Waals surface area contributed by atoms with Crippen LogP contribution in [0.3, 0.4) is 0 Å². The summed E-state index contributed by atoms with van der Waals surface area (Å²) in [4.78, 5) is 39.1. The summed E-state index contributed by atoms with van der Waals surface area (Å²) in [5, 5.41) is 0. The van der Waals surface area contributed by atoms with E-state index >= 15 is 0 Å². The number of hydrogen-bond acceptors (Lipinski definition) is 9. The molecule has 4 heterocycles. The van der Waals surface area contributed by atoms with Crippen molar-refractivity contribution in [3.8, 4) is 29.5 Å². The van der Waals surface area contributed by atoms with Gasteiger partial charge in [0, 0.05) is 17.8 Å². The Morgan fingerprint density at radius 3 is 2.55 bits per heavy atom. The molecule has 234 valence electrons. The average molecular weight is 604 g/mol. The lowest BCUT2D eigenvalue weighted by atomic mass is 10.1. The highest BCUT2D eigenvalue weighted by Crippen LogP contribution is 2.35. The molecule has 5 rings (SSSR count). The fourth-order valence-corrected chi connectivity index (χ4v) is 6.05. The molecule has 11 nitrogen and oxygen atoms in total. The lowest BCUT2D eigenvalue weighted by Crippen LogP contribution is -2.51.